The molecule has 0 saturated heterocycles. The Hall–Kier alpha value is -2.38. The highest BCUT2D eigenvalue weighted by molar-refractivity contribution is 7.19. The Morgan fingerprint density at radius 3 is 2.43 bits per heavy atom. The van der Waals surface area contributed by atoms with Crippen molar-refractivity contribution in [2.75, 3.05) is 17.2 Å². The van der Waals surface area contributed by atoms with Crippen LogP contribution in [0.3, 0.4) is 0 Å². The van der Waals surface area contributed by atoms with Gasteiger partial charge < -0.3 is 15.4 Å². The minimum Gasteiger partial charge on any atom is -0.462 e. The van der Waals surface area contributed by atoms with Crippen LogP contribution in [0.2, 0.25) is 5.02 Å². The normalized spacial score (nSPS) is 13.5. The molecule has 1 fully saturated rings. The molecule has 0 atom stereocenters. The van der Waals surface area contributed by atoms with E-state index in [1.165, 1.54) is 0 Å². The molecule has 0 spiro atoms. The van der Waals surface area contributed by atoms with Crippen molar-refractivity contribution < 1.29 is 19.1 Å². The Morgan fingerprint density at radius 2 is 1.86 bits per heavy atom. The summed E-state index contributed by atoms with van der Waals surface area (Å²) in [5.74, 6) is -1.07. The summed E-state index contributed by atoms with van der Waals surface area (Å²) in [4.78, 5) is 37.9. The topological polar surface area (TPSA) is 84.5 Å². The SMILES string of the molecule is CCOC(=O)c1c(NC(=O)C2CCC2)sc(C(=O)Nc2ccc(Cl)cc2)c1C. The van der Waals surface area contributed by atoms with Crippen LogP contribution < -0.4 is 10.6 Å². The summed E-state index contributed by atoms with van der Waals surface area (Å²) in [5, 5.41) is 6.53. The van der Waals surface area contributed by atoms with Crippen molar-refractivity contribution >= 4 is 51.4 Å². The Balaban J connectivity index is 1.88. The Bertz CT molecular complexity index is 904. The zero-order valence-electron chi connectivity index (χ0n) is 15.6. The average molecular weight is 421 g/mol. The van der Waals surface area contributed by atoms with Crippen LogP contribution in [-0.4, -0.2) is 24.4 Å². The molecular weight excluding hydrogens is 400 g/mol. The number of amides is 2. The van der Waals surface area contributed by atoms with Crippen LogP contribution >= 0.6 is 22.9 Å². The monoisotopic (exact) mass is 420 g/mol. The molecule has 6 nitrogen and oxygen atoms in total. The summed E-state index contributed by atoms with van der Waals surface area (Å²) in [7, 11) is 0. The average Bonchev–Trinajstić information content (AvgIpc) is 2.91. The predicted molar refractivity (Wildman–Crippen MR) is 110 cm³/mol. The van der Waals surface area contributed by atoms with Crippen LogP contribution in [0, 0.1) is 12.8 Å². The van der Waals surface area contributed by atoms with Gasteiger partial charge in [0, 0.05) is 16.6 Å². The summed E-state index contributed by atoms with van der Waals surface area (Å²) in [6.45, 7) is 3.59. The van der Waals surface area contributed by atoms with Crippen LogP contribution in [-0.2, 0) is 9.53 Å². The van der Waals surface area contributed by atoms with E-state index in [0.717, 1.165) is 30.6 Å². The van der Waals surface area contributed by atoms with E-state index < -0.39 is 5.97 Å². The van der Waals surface area contributed by atoms with Gasteiger partial charge in [-0.2, -0.15) is 0 Å². The first kappa shape index (κ1) is 20.4. The second kappa shape index (κ2) is 8.75. The van der Waals surface area contributed by atoms with E-state index in [0.29, 0.717) is 26.2 Å². The summed E-state index contributed by atoms with van der Waals surface area (Å²) < 4.78 is 5.13. The maximum atomic E-state index is 12.8. The number of carbonyl (C=O) groups is 3. The van der Waals surface area contributed by atoms with Crippen molar-refractivity contribution in [3.05, 3.63) is 45.3 Å². The van der Waals surface area contributed by atoms with Crippen LogP contribution in [0.15, 0.2) is 24.3 Å². The first-order valence-electron chi connectivity index (χ1n) is 9.09. The number of hydrogen-bond donors (Lipinski definition) is 2. The fourth-order valence-electron chi connectivity index (χ4n) is 2.87. The van der Waals surface area contributed by atoms with Crippen molar-refractivity contribution in [2.24, 2.45) is 5.92 Å². The molecule has 2 amide bonds. The molecule has 0 unspecified atom stereocenters. The Kier molecular flexibility index (Phi) is 6.36. The molecule has 0 bridgehead atoms. The fourth-order valence-corrected chi connectivity index (χ4v) is 4.09. The van der Waals surface area contributed by atoms with Gasteiger partial charge in [0.05, 0.1) is 17.0 Å². The van der Waals surface area contributed by atoms with Crippen molar-refractivity contribution in [2.45, 2.75) is 33.1 Å². The first-order chi connectivity index (χ1) is 13.4. The third kappa shape index (κ3) is 4.36. The molecule has 2 N–H and O–H groups in total. The molecule has 1 aliphatic carbocycles. The third-order valence-corrected chi connectivity index (χ3v) is 6.11. The number of nitrogens with one attached hydrogen (secondary N) is 2. The van der Waals surface area contributed by atoms with Crippen LogP contribution in [0.1, 0.15) is 51.8 Å². The number of halogens is 1. The van der Waals surface area contributed by atoms with Gasteiger partial charge in [0.25, 0.3) is 5.91 Å². The van der Waals surface area contributed by atoms with Crippen molar-refractivity contribution in [1.82, 2.24) is 0 Å². The molecule has 1 aliphatic rings. The largest absolute Gasteiger partial charge is 0.462 e. The number of hydrogen-bond acceptors (Lipinski definition) is 5. The minimum absolute atomic E-state index is 0.0382. The molecule has 3 rings (SSSR count). The van der Waals surface area contributed by atoms with Gasteiger partial charge in [-0.15, -0.1) is 11.3 Å². The number of carbonyl (C=O) groups excluding carboxylic acids is 3. The lowest BCUT2D eigenvalue weighted by Crippen LogP contribution is -2.28. The van der Waals surface area contributed by atoms with E-state index in [2.05, 4.69) is 10.6 Å². The molecule has 0 aliphatic heterocycles. The number of esters is 1. The van der Waals surface area contributed by atoms with Crippen LogP contribution in [0.5, 0.6) is 0 Å². The van der Waals surface area contributed by atoms with Crippen LogP contribution in [0.4, 0.5) is 10.7 Å². The molecule has 1 heterocycles. The van der Waals surface area contributed by atoms with Gasteiger partial charge in [0.1, 0.15) is 5.00 Å². The van der Waals surface area contributed by atoms with Gasteiger partial charge in [-0.3, -0.25) is 9.59 Å². The van der Waals surface area contributed by atoms with Gasteiger partial charge in [-0.25, -0.2) is 4.79 Å². The number of rotatable bonds is 6. The van der Waals surface area contributed by atoms with Crippen LogP contribution in [0.25, 0.3) is 0 Å². The lowest BCUT2D eigenvalue weighted by Gasteiger charge is -2.23. The molecule has 1 aromatic heterocycles. The maximum absolute atomic E-state index is 12.8. The molecule has 2 aromatic rings. The molecule has 0 radical (unpaired) electrons. The maximum Gasteiger partial charge on any atom is 0.341 e. The zero-order chi connectivity index (χ0) is 20.3. The molecular formula is C20H21ClN2O4S. The summed E-state index contributed by atoms with van der Waals surface area (Å²) >= 11 is 6.95. The minimum atomic E-state index is -0.550. The van der Waals surface area contributed by atoms with Crippen molar-refractivity contribution in [3.63, 3.8) is 0 Å². The molecule has 1 aromatic carbocycles. The summed E-state index contributed by atoms with van der Waals surface area (Å²) in [6, 6.07) is 6.73. The lowest BCUT2D eigenvalue weighted by atomic mass is 9.85. The fraction of sp³-hybridized carbons (Fsp3) is 0.350. The number of ether oxygens (including phenoxy) is 1. The van der Waals surface area contributed by atoms with E-state index in [9.17, 15) is 14.4 Å². The summed E-state index contributed by atoms with van der Waals surface area (Å²) in [5.41, 5.74) is 1.31. The van der Waals surface area contributed by atoms with Gasteiger partial charge in [0.15, 0.2) is 0 Å². The Morgan fingerprint density at radius 1 is 1.18 bits per heavy atom. The van der Waals surface area contributed by atoms with Crippen molar-refractivity contribution in [3.8, 4) is 0 Å². The van der Waals surface area contributed by atoms with Gasteiger partial charge in [-0.05, 0) is 56.5 Å². The molecule has 148 valence electrons. The van der Waals surface area contributed by atoms with E-state index in [-0.39, 0.29) is 29.9 Å². The van der Waals surface area contributed by atoms with E-state index >= 15 is 0 Å². The second-order valence-electron chi connectivity index (χ2n) is 6.56. The quantitative estimate of drug-likeness (QED) is 0.652. The molecule has 8 heteroatoms. The summed E-state index contributed by atoms with van der Waals surface area (Å²) in [6.07, 6.45) is 2.71. The van der Waals surface area contributed by atoms with Crippen molar-refractivity contribution in [1.29, 1.82) is 0 Å². The predicted octanol–water partition coefficient (Wildman–Crippen LogP) is 4.88. The molecule has 1 saturated carbocycles. The smallest absolute Gasteiger partial charge is 0.341 e. The van der Waals surface area contributed by atoms with Gasteiger partial charge >= 0.3 is 5.97 Å². The molecule has 28 heavy (non-hydrogen) atoms. The number of benzene rings is 1. The highest BCUT2D eigenvalue weighted by Crippen LogP contribution is 2.36. The standard InChI is InChI=1S/C20H21ClN2O4S/c1-3-27-20(26)15-11(2)16(18(25)22-14-9-7-13(21)8-10-14)28-19(15)23-17(24)12-5-4-6-12/h7-10,12H,3-6H2,1-2H3,(H,22,25)(H,23,24). The third-order valence-electron chi connectivity index (χ3n) is 4.65. The van der Waals surface area contributed by atoms with E-state index in [4.69, 9.17) is 16.3 Å². The lowest BCUT2D eigenvalue weighted by molar-refractivity contribution is -0.122. The second-order valence-corrected chi connectivity index (χ2v) is 8.02. The Labute approximate surface area is 172 Å². The van der Waals surface area contributed by atoms with E-state index in [1.807, 2.05) is 0 Å². The first-order valence-corrected chi connectivity index (χ1v) is 10.3. The zero-order valence-corrected chi connectivity index (χ0v) is 17.2. The number of thiophene rings is 1. The highest BCUT2D eigenvalue weighted by atomic mass is 35.5. The van der Waals surface area contributed by atoms with E-state index in [1.54, 1.807) is 38.1 Å². The highest BCUT2D eigenvalue weighted by Gasteiger charge is 2.30. The number of anilines is 2. The van der Waals surface area contributed by atoms with Gasteiger partial charge in [0.2, 0.25) is 5.91 Å². The van der Waals surface area contributed by atoms with Gasteiger partial charge in [-0.1, -0.05) is 18.0 Å².